The molecule has 0 amide bonds. The molecule has 0 radical (unpaired) electrons. The molecule has 0 aliphatic carbocycles. The molecule has 0 aliphatic heterocycles. The molecule has 0 heterocycles. The van der Waals surface area contributed by atoms with E-state index in [0.29, 0.717) is 24.8 Å². The van der Waals surface area contributed by atoms with Crippen molar-refractivity contribution in [2.24, 2.45) is 0 Å². The second kappa shape index (κ2) is 10.4. The Morgan fingerprint density at radius 2 is 2.11 bits per heavy atom. The van der Waals surface area contributed by atoms with Crippen LogP contribution in [0.15, 0.2) is 18.2 Å². The highest BCUT2D eigenvalue weighted by atomic mass is 35.5. The summed E-state index contributed by atoms with van der Waals surface area (Å²) < 4.78 is 10.4. The molecule has 18 heavy (non-hydrogen) atoms. The molecule has 6 heteroatoms. The number of nitrogens with one attached hydrogen (secondary N) is 1. The van der Waals surface area contributed by atoms with Crippen LogP contribution >= 0.6 is 11.6 Å². The van der Waals surface area contributed by atoms with Crippen molar-refractivity contribution in [3.8, 4) is 5.75 Å². The van der Waals surface area contributed by atoms with Crippen molar-refractivity contribution in [1.82, 2.24) is 5.32 Å². The van der Waals surface area contributed by atoms with Crippen LogP contribution in [0.3, 0.4) is 0 Å². The Kier molecular flexibility index (Phi) is 10.1. The molecule has 0 aliphatic rings. The number of methoxy groups -OCH3 is 1. The van der Waals surface area contributed by atoms with E-state index in [4.69, 9.17) is 26.2 Å². The maximum atomic E-state index is 8.52. The molecule has 2 N–H and O–H groups in total. The third kappa shape index (κ3) is 6.42. The molecule has 0 fully saturated rings. The van der Waals surface area contributed by atoms with Crippen molar-refractivity contribution in [3.05, 3.63) is 28.8 Å². The molecule has 4 nitrogen and oxygen atoms in total. The molecule has 1 aromatic carbocycles. The highest BCUT2D eigenvalue weighted by molar-refractivity contribution is 6.30. The van der Waals surface area contributed by atoms with Crippen LogP contribution < -0.4 is 22.5 Å². The first kappa shape index (κ1) is 17.5. The fraction of sp³-hybridized carbons (Fsp3) is 0.500. The fourth-order valence-corrected chi connectivity index (χ4v) is 1.61. The van der Waals surface area contributed by atoms with Crippen molar-refractivity contribution >= 4 is 11.6 Å². The van der Waals surface area contributed by atoms with Crippen LogP contribution in [0, 0.1) is 0 Å². The Bertz CT molecular complexity index is 337. The lowest BCUT2D eigenvalue weighted by molar-refractivity contribution is -0.00000493. The predicted octanol–water partition coefficient (Wildman–Crippen LogP) is -1.55. The molecule has 0 aromatic heterocycles. The monoisotopic (exact) mass is 294 g/mol. The number of halogens is 2. The molecule has 0 spiro atoms. The summed E-state index contributed by atoms with van der Waals surface area (Å²) in [6.07, 6.45) is 0. The molecule has 0 atom stereocenters. The Morgan fingerprint density at radius 3 is 2.78 bits per heavy atom. The van der Waals surface area contributed by atoms with Gasteiger partial charge in [-0.3, -0.25) is 0 Å². The molecule has 1 aromatic rings. The number of ether oxygens (including phenoxy) is 2. The third-order valence-electron chi connectivity index (χ3n) is 2.22. The van der Waals surface area contributed by atoms with E-state index in [1.54, 1.807) is 13.2 Å². The maximum Gasteiger partial charge on any atom is 0.123 e. The summed E-state index contributed by atoms with van der Waals surface area (Å²) in [5, 5.41) is 12.4. The van der Waals surface area contributed by atoms with Gasteiger partial charge in [-0.05, 0) is 18.2 Å². The van der Waals surface area contributed by atoms with Crippen LogP contribution in [-0.4, -0.2) is 38.6 Å². The second-order valence-corrected chi connectivity index (χ2v) is 3.91. The van der Waals surface area contributed by atoms with Crippen LogP contribution in [0.2, 0.25) is 5.02 Å². The van der Waals surface area contributed by atoms with Crippen LogP contribution in [0.1, 0.15) is 5.56 Å². The van der Waals surface area contributed by atoms with E-state index in [2.05, 4.69) is 5.32 Å². The van der Waals surface area contributed by atoms with Crippen molar-refractivity contribution in [1.29, 1.82) is 0 Å². The summed E-state index contributed by atoms with van der Waals surface area (Å²) in [5.41, 5.74) is 1.02. The standard InChI is InChI=1S/C12H18ClNO3.ClH/c1-16-12-3-2-11(13)8-10(12)9-14-4-6-17-7-5-15;/h2-3,8,14-15H,4-7,9H2,1H3;1H/p-1. The van der Waals surface area contributed by atoms with Crippen LogP contribution in [-0.2, 0) is 11.3 Å². The lowest BCUT2D eigenvalue weighted by atomic mass is 10.2. The average molecular weight is 295 g/mol. The van der Waals surface area contributed by atoms with Crippen LogP contribution in [0.5, 0.6) is 5.75 Å². The topological polar surface area (TPSA) is 50.7 Å². The molecule has 0 saturated carbocycles. The summed E-state index contributed by atoms with van der Waals surface area (Å²) >= 11 is 5.92. The molecule has 0 unspecified atom stereocenters. The number of aliphatic hydroxyl groups excluding tert-OH is 1. The molecule has 0 bridgehead atoms. The SMILES string of the molecule is COc1ccc(Cl)cc1CNCCOCCO.[Cl-]. The summed E-state index contributed by atoms with van der Waals surface area (Å²) in [7, 11) is 1.64. The minimum atomic E-state index is 0. The highest BCUT2D eigenvalue weighted by Crippen LogP contribution is 2.22. The minimum absolute atomic E-state index is 0. The van der Waals surface area contributed by atoms with Gasteiger partial charge in [0.05, 0.1) is 26.9 Å². The number of rotatable bonds is 8. The van der Waals surface area contributed by atoms with Crippen molar-refractivity contribution in [2.45, 2.75) is 6.54 Å². The maximum absolute atomic E-state index is 8.52. The van der Waals surface area contributed by atoms with Crippen molar-refractivity contribution in [3.63, 3.8) is 0 Å². The van der Waals surface area contributed by atoms with Gasteiger partial charge in [-0.1, -0.05) is 11.6 Å². The number of hydrogen-bond acceptors (Lipinski definition) is 4. The Labute approximate surface area is 119 Å². The van der Waals surface area contributed by atoms with Crippen LogP contribution in [0.4, 0.5) is 0 Å². The lowest BCUT2D eigenvalue weighted by Crippen LogP contribution is -3.00. The van der Waals surface area contributed by atoms with E-state index in [1.165, 1.54) is 0 Å². The molecular weight excluding hydrogens is 277 g/mol. The summed E-state index contributed by atoms with van der Waals surface area (Å²) in [6.45, 7) is 2.40. The second-order valence-electron chi connectivity index (χ2n) is 3.47. The average Bonchev–Trinajstić information content (AvgIpc) is 2.34. The zero-order valence-electron chi connectivity index (χ0n) is 10.3. The first-order valence-corrected chi connectivity index (χ1v) is 5.87. The van der Waals surface area contributed by atoms with E-state index >= 15 is 0 Å². The summed E-state index contributed by atoms with van der Waals surface area (Å²) in [4.78, 5) is 0. The Balaban J connectivity index is 0.00000289. The van der Waals surface area contributed by atoms with Gasteiger partial charge < -0.3 is 32.3 Å². The van der Waals surface area contributed by atoms with E-state index in [9.17, 15) is 0 Å². The summed E-state index contributed by atoms with van der Waals surface area (Å²) in [6, 6.07) is 5.53. The van der Waals surface area contributed by atoms with E-state index in [0.717, 1.165) is 17.9 Å². The van der Waals surface area contributed by atoms with Gasteiger partial charge >= 0.3 is 0 Å². The van der Waals surface area contributed by atoms with E-state index in [-0.39, 0.29) is 19.0 Å². The predicted molar refractivity (Wildman–Crippen MR) is 67.6 cm³/mol. The summed E-state index contributed by atoms with van der Waals surface area (Å²) in [5.74, 6) is 0.818. The van der Waals surface area contributed by atoms with E-state index in [1.807, 2.05) is 12.1 Å². The van der Waals surface area contributed by atoms with Crippen molar-refractivity contribution in [2.75, 3.05) is 33.5 Å². The Morgan fingerprint density at radius 1 is 1.33 bits per heavy atom. The van der Waals surface area contributed by atoms with Gasteiger partial charge in [-0.15, -0.1) is 0 Å². The first-order chi connectivity index (χ1) is 8.27. The third-order valence-corrected chi connectivity index (χ3v) is 2.45. The fourth-order valence-electron chi connectivity index (χ4n) is 1.42. The smallest absolute Gasteiger partial charge is 0.123 e. The van der Waals surface area contributed by atoms with Crippen molar-refractivity contribution < 1.29 is 27.0 Å². The Hall–Kier alpha value is -0.520. The molecular formula is C12H18Cl2NO3-. The molecule has 0 saturated heterocycles. The molecule has 1 rings (SSSR count). The molecule has 104 valence electrons. The minimum Gasteiger partial charge on any atom is -1.00 e. The number of aliphatic hydroxyl groups is 1. The van der Waals surface area contributed by atoms with Crippen LogP contribution in [0.25, 0.3) is 0 Å². The van der Waals surface area contributed by atoms with Gasteiger partial charge in [0.25, 0.3) is 0 Å². The number of hydrogen-bond donors (Lipinski definition) is 2. The van der Waals surface area contributed by atoms with Gasteiger partial charge in [0.2, 0.25) is 0 Å². The normalized spacial score (nSPS) is 9.94. The highest BCUT2D eigenvalue weighted by Gasteiger charge is 2.02. The van der Waals surface area contributed by atoms with Gasteiger partial charge in [0, 0.05) is 23.7 Å². The lowest BCUT2D eigenvalue weighted by Gasteiger charge is -2.10. The zero-order valence-corrected chi connectivity index (χ0v) is 11.8. The quantitative estimate of drug-likeness (QED) is 0.570. The van der Waals surface area contributed by atoms with Gasteiger partial charge in [-0.25, -0.2) is 0 Å². The van der Waals surface area contributed by atoms with Gasteiger partial charge in [0.1, 0.15) is 5.75 Å². The largest absolute Gasteiger partial charge is 1.00 e. The van der Waals surface area contributed by atoms with E-state index < -0.39 is 0 Å². The van der Waals surface area contributed by atoms with Gasteiger partial charge in [-0.2, -0.15) is 0 Å². The number of benzene rings is 1. The van der Waals surface area contributed by atoms with Gasteiger partial charge in [0.15, 0.2) is 0 Å². The first-order valence-electron chi connectivity index (χ1n) is 5.49. The zero-order chi connectivity index (χ0) is 12.5.